The first-order chi connectivity index (χ1) is 6.04. The first kappa shape index (κ1) is 8.96. The van der Waals surface area contributed by atoms with Gasteiger partial charge in [0, 0.05) is 12.2 Å². The summed E-state index contributed by atoms with van der Waals surface area (Å²) >= 11 is 0. The highest BCUT2D eigenvalue weighted by Gasteiger charge is 2.52. The molecule has 0 saturated carbocycles. The minimum Gasteiger partial charge on any atom is -0.388 e. The molecule has 2 aliphatic heterocycles. The summed E-state index contributed by atoms with van der Waals surface area (Å²) in [4.78, 5) is 1.56. The molecule has 5 atom stereocenters. The largest absolute Gasteiger partial charge is 0.388 e. The Kier molecular flexibility index (Phi) is 1.85. The molecular formula is C8H13NO4. The lowest BCUT2D eigenvalue weighted by Gasteiger charge is -2.20. The third kappa shape index (κ3) is 1.02. The van der Waals surface area contributed by atoms with Crippen molar-refractivity contribution in [3.05, 3.63) is 12.3 Å². The second-order valence-electron chi connectivity index (χ2n) is 3.63. The zero-order valence-corrected chi connectivity index (χ0v) is 7.04. The second kappa shape index (κ2) is 2.68. The number of aliphatic hydroxyl groups excluding tert-OH is 4. The fourth-order valence-electron chi connectivity index (χ4n) is 2.09. The number of hydrogen-bond donors (Lipinski definition) is 4. The lowest BCUT2D eigenvalue weighted by Crippen LogP contribution is -2.41. The van der Waals surface area contributed by atoms with Crippen molar-refractivity contribution in [3.8, 4) is 0 Å². The fraction of sp³-hybridized carbons (Fsp3) is 0.750. The summed E-state index contributed by atoms with van der Waals surface area (Å²) in [6, 6.07) is -0.613. The van der Waals surface area contributed by atoms with Crippen LogP contribution in [0.5, 0.6) is 0 Å². The third-order valence-electron chi connectivity index (χ3n) is 2.87. The zero-order valence-electron chi connectivity index (χ0n) is 7.04. The molecule has 0 aromatic heterocycles. The average molecular weight is 187 g/mol. The predicted molar refractivity (Wildman–Crippen MR) is 43.7 cm³/mol. The van der Waals surface area contributed by atoms with Crippen molar-refractivity contribution in [1.29, 1.82) is 0 Å². The van der Waals surface area contributed by atoms with Gasteiger partial charge in [0.15, 0.2) is 0 Å². The number of nitrogens with zero attached hydrogens (tertiary/aromatic N) is 1. The summed E-state index contributed by atoms with van der Waals surface area (Å²) in [5.74, 6) is 0. The van der Waals surface area contributed by atoms with Crippen LogP contribution in [0.1, 0.15) is 0 Å². The maximum absolute atomic E-state index is 9.50. The van der Waals surface area contributed by atoms with Gasteiger partial charge in [-0.1, -0.05) is 6.58 Å². The third-order valence-corrected chi connectivity index (χ3v) is 2.87. The van der Waals surface area contributed by atoms with Crippen LogP contribution < -0.4 is 0 Å². The molecule has 0 radical (unpaired) electrons. The van der Waals surface area contributed by atoms with Gasteiger partial charge in [0.25, 0.3) is 0 Å². The monoisotopic (exact) mass is 187 g/mol. The lowest BCUT2D eigenvalue weighted by atomic mass is 10.0. The van der Waals surface area contributed by atoms with E-state index in [0.29, 0.717) is 5.70 Å². The van der Waals surface area contributed by atoms with Crippen LogP contribution in [0.25, 0.3) is 0 Å². The van der Waals surface area contributed by atoms with Gasteiger partial charge in [-0.05, 0) is 0 Å². The number of fused-ring (bicyclic) bond motifs is 1. The smallest absolute Gasteiger partial charge is 0.121 e. The standard InChI is InChI=1S/C8H13NO4/c1-3-6(11)8(13)5-7(12)4(10)2-9(3)5/h4-8,10-13H,1-2H2/t4-,5+,6+,7+,8+/m0/s1. The highest BCUT2D eigenvalue weighted by molar-refractivity contribution is 5.21. The molecule has 0 unspecified atom stereocenters. The Morgan fingerprint density at radius 3 is 2.31 bits per heavy atom. The Morgan fingerprint density at radius 2 is 1.77 bits per heavy atom. The van der Waals surface area contributed by atoms with E-state index in [0.717, 1.165) is 0 Å². The molecule has 2 rings (SSSR count). The van der Waals surface area contributed by atoms with Gasteiger partial charge >= 0.3 is 0 Å². The highest BCUT2D eigenvalue weighted by atomic mass is 16.4. The molecule has 4 N–H and O–H groups in total. The molecule has 74 valence electrons. The number of rotatable bonds is 0. The van der Waals surface area contributed by atoms with E-state index in [2.05, 4.69) is 6.58 Å². The van der Waals surface area contributed by atoms with Crippen molar-refractivity contribution in [2.45, 2.75) is 30.5 Å². The minimum atomic E-state index is -1.06. The first-order valence-corrected chi connectivity index (χ1v) is 4.21. The molecule has 0 aliphatic carbocycles. The molecule has 0 spiro atoms. The Morgan fingerprint density at radius 1 is 1.15 bits per heavy atom. The van der Waals surface area contributed by atoms with E-state index in [1.54, 1.807) is 4.90 Å². The van der Waals surface area contributed by atoms with Gasteiger partial charge in [-0.25, -0.2) is 0 Å². The molecule has 2 heterocycles. The van der Waals surface area contributed by atoms with Crippen LogP contribution in [0.3, 0.4) is 0 Å². The molecule has 0 aromatic rings. The summed E-state index contributed by atoms with van der Waals surface area (Å²) < 4.78 is 0. The fourth-order valence-corrected chi connectivity index (χ4v) is 2.09. The average Bonchev–Trinajstić information content (AvgIpc) is 2.48. The summed E-state index contributed by atoms with van der Waals surface area (Å²) in [7, 11) is 0. The first-order valence-electron chi connectivity index (χ1n) is 4.21. The van der Waals surface area contributed by atoms with E-state index < -0.39 is 30.5 Å². The van der Waals surface area contributed by atoms with Crippen molar-refractivity contribution in [3.63, 3.8) is 0 Å². The number of hydrogen-bond acceptors (Lipinski definition) is 5. The van der Waals surface area contributed by atoms with Gasteiger partial charge < -0.3 is 25.3 Å². The molecular weight excluding hydrogens is 174 g/mol. The van der Waals surface area contributed by atoms with Crippen LogP contribution in [0.4, 0.5) is 0 Å². The topological polar surface area (TPSA) is 84.2 Å². The maximum Gasteiger partial charge on any atom is 0.121 e. The molecule has 2 saturated heterocycles. The van der Waals surface area contributed by atoms with Gasteiger partial charge in [-0.15, -0.1) is 0 Å². The molecule has 5 heteroatoms. The van der Waals surface area contributed by atoms with Gasteiger partial charge in [-0.3, -0.25) is 0 Å². The van der Waals surface area contributed by atoms with E-state index in [1.165, 1.54) is 0 Å². The maximum atomic E-state index is 9.50. The van der Waals surface area contributed by atoms with Crippen molar-refractivity contribution >= 4 is 0 Å². The lowest BCUT2D eigenvalue weighted by molar-refractivity contribution is -0.0189. The molecule has 0 amide bonds. The quantitative estimate of drug-likeness (QED) is 0.341. The van der Waals surface area contributed by atoms with Crippen LogP contribution in [0, 0.1) is 0 Å². The van der Waals surface area contributed by atoms with Gasteiger partial charge in [0.1, 0.15) is 18.3 Å². The van der Waals surface area contributed by atoms with E-state index in [1.807, 2.05) is 0 Å². The van der Waals surface area contributed by atoms with E-state index in [4.69, 9.17) is 0 Å². The zero-order chi connectivity index (χ0) is 9.75. The van der Waals surface area contributed by atoms with Crippen LogP contribution in [0.15, 0.2) is 12.3 Å². The molecule has 13 heavy (non-hydrogen) atoms. The van der Waals surface area contributed by atoms with Crippen molar-refractivity contribution in [2.75, 3.05) is 6.54 Å². The SMILES string of the molecule is C=C1[C@@H](O)[C@H](O)[C@H]2[C@H](O)[C@@H](O)CN12. The van der Waals surface area contributed by atoms with Gasteiger partial charge in [0.2, 0.25) is 0 Å². The van der Waals surface area contributed by atoms with Gasteiger partial charge in [-0.2, -0.15) is 0 Å². The predicted octanol–water partition coefficient (Wildman–Crippen LogP) is -2.36. The minimum absolute atomic E-state index is 0.221. The van der Waals surface area contributed by atoms with Crippen molar-refractivity contribution in [2.24, 2.45) is 0 Å². The summed E-state index contributed by atoms with van der Waals surface area (Å²) in [5.41, 5.74) is 0.369. The summed E-state index contributed by atoms with van der Waals surface area (Å²) in [6.45, 7) is 3.81. The van der Waals surface area contributed by atoms with Crippen molar-refractivity contribution in [1.82, 2.24) is 4.90 Å². The highest BCUT2D eigenvalue weighted by Crippen LogP contribution is 2.34. The Bertz CT molecular complexity index is 244. The van der Waals surface area contributed by atoms with E-state index in [9.17, 15) is 20.4 Å². The van der Waals surface area contributed by atoms with Crippen molar-refractivity contribution < 1.29 is 20.4 Å². The van der Waals surface area contributed by atoms with Crippen LogP contribution in [0.2, 0.25) is 0 Å². The van der Waals surface area contributed by atoms with E-state index >= 15 is 0 Å². The molecule has 5 nitrogen and oxygen atoms in total. The van der Waals surface area contributed by atoms with Crippen LogP contribution in [-0.4, -0.2) is 62.3 Å². The molecule has 0 bridgehead atoms. The number of aliphatic hydroxyl groups is 4. The van der Waals surface area contributed by atoms with Gasteiger partial charge in [0.05, 0.1) is 12.1 Å². The van der Waals surface area contributed by atoms with E-state index in [-0.39, 0.29) is 6.54 Å². The molecule has 2 fully saturated rings. The molecule has 0 aromatic carbocycles. The van der Waals surface area contributed by atoms with Crippen LogP contribution >= 0.6 is 0 Å². The second-order valence-corrected chi connectivity index (χ2v) is 3.63. The van der Waals surface area contributed by atoms with Crippen LogP contribution in [-0.2, 0) is 0 Å². The summed E-state index contributed by atoms with van der Waals surface area (Å²) in [6.07, 6.45) is -3.96. The molecule has 2 aliphatic rings. The normalized spacial score (nSPS) is 50.0. The Hall–Kier alpha value is -0.620. The summed E-state index contributed by atoms with van der Waals surface area (Å²) in [5, 5.41) is 37.7. The Balaban J connectivity index is 2.27. The Labute approximate surface area is 75.5 Å².